The van der Waals surface area contributed by atoms with E-state index in [1.54, 1.807) is 0 Å². The average Bonchev–Trinajstić information content (AvgIpc) is 2.73. The lowest BCUT2D eigenvalue weighted by atomic mass is 9.80. The van der Waals surface area contributed by atoms with Gasteiger partial charge in [0.25, 0.3) is 0 Å². The molecule has 0 aromatic heterocycles. The fraction of sp³-hybridized carbons (Fsp3) is 0.667. The topological polar surface area (TPSA) is 48.9 Å². The van der Waals surface area contributed by atoms with E-state index in [-0.39, 0.29) is 35.6 Å². The molecule has 0 radical (unpaired) electrons. The van der Waals surface area contributed by atoms with Gasteiger partial charge in [0.05, 0.1) is 19.3 Å². The van der Waals surface area contributed by atoms with Gasteiger partial charge >= 0.3 is 0 Å². The van der Waals surface area contributed by atoms with E-state index in [1.165, 1.54) is 37.7 Å². The number of benzene rings is 1. The molecule has 152 valence electrons. The first kappa shape index (κ1) is 22.4. The summed E-state index contributed by atoms with van der Waals surface area (Å²) in [6.07, 6.45) is 6.55. The number of rotatable bonds is 5. The van der Waals surface area contributed by atoms with Gasteiger partial charge in [-0.3, -0.25) is 9.89 Å². The van der Waals surface area contributed by atoms with Crippen LogP contribution in [-0.2, 0) is 4.74 Å². The molecule has 3 rings (SSSR count). The summed E-state index contributed by atoms with van der Waals surface area (Å²) in [7, 11) is 1.86. The molecule has 1 saturated heterocycles. The van der Waals surface area contributed by atoms with E-state index >= 15 is 0 Å². The summed E-state index contributed by atoms with van der Waals surface area (Å²) in [5.41, 5.74) is 1.52. The van der Waals surface area contributed by atoms with E-state index in [2.05, 4.69) is 57.8 Å². The number of halogens is 1. The average molecular weight is 486 g/mol. The molecule has 0 spiro atoms. The maximum absolute atomic E-state index is 5.59. The van der Waals surface area contributed by atoms with Gasteiger partial charge in [0.2, 0.25) is 0 Å². The van der Waals surface area contributed by atoms with Crippen molar-refractivity contribution in [3.05, 3.63) is 35.9 Å². The fourth-order valence-corrected chi connectivity index (χ4v) is 4.33. The van der Waals surface area contributed by atoms with E-state index in [0.29, 0.717) is 0 Å². The molecular formula is C21H35IN4O. The Morgan fingerprint density at radius 3 is 2.44 bits per heavy atom. The molecule has 1 heterocycles. The Morgan fingerprint density at radius 2 is 1.81 bits per heavy atom. The largest absolute Gasteiger partial charge is 0.379 e. The van der Waals surface area contributed by atoms with E-state index < -0.39 is 0 Å². The van der Waals surface area contributed by atoms with Gasteiger partial charge < -0.3 is 15.4 Å². The summed E-state index contributed by atoms with van der Waals surface area (Å²) in [6.45, 7) is 6.95. The van der Waals surface area contributed by atoms with Crippen LogP contribution in [0.15, 0.2) is 35.3 Å². The Bertz CT molecular complexity index is 569. The zero-order valence-corrected chi connectivity index (χ0v) is 19.1. The summed E-state index contributed by atoms with van der Waals surface area (Å²) in [5.74, 6) is 0.888. The zero-order chi connectivity index (χ0) is 18.2. The monoisotopic (exact) mass is 486 g/mol. The second kappa shape index (κ2) is 11.2. The lowest BCUT2D eigenvalue weighted by molar-refractivity contribution is -0.0352. The fourth-order valence-electron chi connectivity index (χ4n) is 4.33. The van der Waals surface area contributed by atoms with Crippen molar-refractivity contribution in [1.82, 2.24) is 15.5 Å². The summed E-state index contributed by atoms with van der Waals surface area (Å²) >= 11 is 0. The first-order valence-electron chi connectivity index (χ1n) is 10.1. The Balaban J connectivity index is 0.00000261. The minimum absolute atomic E-state index is 0. The quantitative estimate of drug-likeness (QED) is 0.380. The molecule has 1 aromatic carbocycles. The van der Waals surface area contributed by atoms with E-state index in [0.717, 1.165) is 38.8 Å². The van der Waals surface area contributed by atoms with Gasteiger partial charge in [-0.1, -0.05) is 49.6 Å². The Kier molecular flexibility index (Phi) is 9.32. The zero-order valence-electron chi connectivity index (χ0n) is 16.7. The van der Waals surface area contributed by atoms with Crippen molar-refractivity contribution < 1.29 is 4.74 Å². The summed E-state index contributed by atoms with van der Waals surface area (Å²) < 4.78 is 5.59. The standard InChI is InChI=1S/C21H34N4O.HI/c1-18(19-9-5-3-6-10-19)24-20(22-2)23-17-21(11-7-4-8-12-21)25-13-15-26-16-14-25;/h3,5-6,9-10,18H,4,7-8,11-17H2,1-2H3,(H2,22,23,24);1H. The first-order chi connectivity index (χ1) is 12.7. The molecule has 2 fully saturated rings. The van der Waals surface area contributed by atoms with Crippen LogP contribution in [0.25, 0.3) is 0 Å². The SMILES string of the molecule is CN=C(NCC1(N2CCOCC2)CCCCC1)NC(C)c1ccccc1.I. The third-order valence-corrected chi connectivity index (χ3v) is 5.93. The van der Waals surface area contributed by atoms with Gasteiger partial charge in [0.1, 0.15) is 0 Å². The molecule has 1 unspecified atom stereocenters. The molecule has 1 aromatic rings. The summed E-state index contributed by atoms with van der Waals surface area (Å²) in [4.78, 5) is 7.13. The van der Waals surface area contributed by atoms with Gasteiger partial charge in [-0.2, -0.15) is 0 Å². The highest BCUT2D eigenvalue weighted by atomic mass is 127. The molecule has 0 amide bonds. The van der Waals surface area contributed by atoms with Crippen LogP contribution < -0.4 is 10.6 Å². The molecule has 5 nitrogen and oxygen atoms in total. The first-order valence-corrected chi connectivity index (χ1v) is 10.1. The lowest BCUT2D eigenvalue weighted by Gasteiger charge is -2.48. The van der Waals surface area contributed by atoms with Crippen LogP contribution in [0.3, 0.4) is 0 Å². The van der Waals surface area contributed by atoms with Crippen LogP contribution in [0.2, 0.25) is 0 Å². The molecule has 1 atom stereocenters. The third kappa shape index (κ3) is 6.06. The number of nitrogens with zero attached hydrogens (tertiary/aromatic N) is 2. The number of aliphatic imine (C=N–C) groups is 1. The molecule has 1 saturated carbocycles. The van der Waals surface area contributed by atoms with Crippen molar-refractivity contribution in [2.24, 2.45) is 4.99 Å². The van der Waals surface area contributed by atoms with Crippen LogP contribution >= 0.6 is 24.0 Å². The summed E-state index contributed by atoms with van der Waals surface area (Å²) in [5, 5.41) is 7.17. The molecule has 1 aliphatic heterocycles. The number of ether oxygens (including phenoxy) is 1. The van der Waals surface area contributed by atoms with Crippen LogP contribution in [0.5, 0.6) is 0 Å². The second-order valence-electron chi connectivity index (χ2n) is 7.59. The Hall–Kier alpha value is -0.860. The molecule has 2 N–H and O–H groups in total. The smallest absolute Gasteiger partial charge is 0.191 e. The van der Waals surface area contributed by atoms with E-state index in [4.69, 9.17) is 4.74 Å². The highest BCUT2D eigenvalue weighted by Crippen LogP contribution is 2.33. The number of nitrogens with one attached hydrogen (secondary N) is 2. The van der Waals surface area contributed by atoms with Crippen molar-refractivity contribution >= 4 is 29.9 Å². The number of guanidine groups is 1. The summed E-state index contributed by atoms with van der Waals surface area (Å²) in [6, 6.07) is 10.8. The van der Waals surface area contributed by atoms with E-state index in [9.17, 15) is 0 Å². The highest BCUT2D eigenvalue weighted by Gasteiger charge is 2.38. The number of hydrogen-bond donors (Lipinski definition) is 2. The predicted octanol–water partition coefficient (Wildman–Crippen LogP) is 3.57. The van der Waals surface area contributed by atoms with Crippen molar-refractivity contribution in [3.63, 3.8) is 0 Å². The predicted molar refractivity (Wildman–Crippen MR) is 123 cm³/mol. The van der Waals surface area contributed by atoms with Crippen LogP contribution in [0, 0.1) is 0 Å². The Morgan fingerprint density at radius 1 is 1.15 bits per heavy atom. The van der Waals surface area contributed by atoms with Crippen molar-refractivity contribution in [2.45, 2.75) is 50.6 Å². The molecule has 2 aliphatic rings. The lowest BCUT2D eigenvalue weighted by Crippen LogP contribution is -2.60. The molecule has 1 aliphatic carbocycles. The third-order valence-electron chi connectivity index (χ3n) is 5.93. The normalized spacial score (nSPS) is 21.8. The van der Waals surface area contributed by atoms with Crippen LogP contribution in [-0.4, -0.2) is 56.3 Å². The highest BCUT2D eigenvalue weighted by molar-refractivity contribution is 14.0. The van der Waals surface area contributed by atoms with Gasteiger partial charge in [0, 0.05) is 32.2 Å². The van der Waals surface area contributed by atoms with Gasteiger partial charge in [-0.25, -0.2) is 0 Å². The molecule has 0 bridgehead atoms. The Labute approximate surface area is 181 Å². The number of hydrogen-bond acceptors (Lipinski definition) is 3. The molecule has 6 heteroatoms. The van der Waals surface area contributed by atoms with Crippen molar-refractivity contribution in [2.75, 3.05) is 39.9 Å². The minimum Gasteiger partial charge on any atom is -0.379 e. The van der Waals surface area contributed by atoms with Crippen LogP contribution in [0.4, 0.5) is 0 Å². The van der Waals surface area contributed by atoms with Crippen molar-refractivity contribution in [3.8, 4) is 0 Å². The maximum Gasteiger partial charge on any atom is 0.191 e. The second-order valence-corrected chi connectivity index (χ2v) is 7.59. The van der Waals surface area contributed by atoms with Gasteiger partial charge in [-0.05, 0) is 25.3 Å². The van der Waals surface area contributed by atoms with Crippen LogP contribution in [0.1, 0.15) is 50.6 Å². The maximum atomic E-state index is 5.59. The molecular weight excluding hydrogens is 451 g/mol. The van der Waals surface area contributed by atoms with E-state index in [1.807, 2.05) is 7.05 Å². The minimum atomic E-state index is 0. The molecule has 27 heavy (non-hydrogen) atoms. The number of morpholine rings is 1. The van der Waals surface area contributed by atoms with Gasteiger partial charge in [0.15, 0.2) is 5.96 Å². The van der Waals surface area contributed by atoms with Crippen molar-refractivity contribution in [1.29, 1.82) is 0 Å². The van der Waals surface area contributed by atoms with Gasteiger partial charge in [-0.15, -0.1) is 24.0 Å².